The number of aromatic amines is 1. The minimum absolute atomic E-state index is 0.0462. The van der Waals surface area contributed by atoms with E-state index >= 15 is 0 Å². The standard InChI is InChI=1S/C26H27N3O4/c1-28-23(20-16-27-21-9-5-4-6-17(20)21)22(18-7-2-3-8-19(18)24(28)30)25(31)29-12-10-26(11-13-29)32-14-15-33-26/h2-9,16,22-23,27H,10-15H2,1H3. The van der Waals surface area contributed by atoms with Gasteiger partial charge in [0, 0.05) is 61.2 Å². The SMILES string of the molecule is CN1C(=O)c2ccccc2C(C(=O)N2CCC3(CC2)OCCO3)C1c1c[nH]c2ccccc12. The molecule has 33 heavy (non-hydrogen) atoms. The van der Waals surface area contributed by atoms with Crippen LogP contribution in [0.5, 0.6) is 0 Å². The number of piperidine rings is 1. The van der Waals surface area contributed by atoms with Crippen molar-refractivity contribution in [2.45, 2.75) is 30.6 Å². The van der Waals surface area contributed by atoms with Crippen LogP contribution in [0.4, 0.5) is 0 Å². The van der Waals surface area contributed by atoms with Gasteiger partial charge >= 0.3 is 0 Å². The van der Waals surface area contributed by atoms with Crippen molar-refractivity contribution in [2.75, 3.05) is 33.4 Å². The Balaban J connectivity index is 1.41. The van der Waals surface area contributed by atoms with Crippen LogP contribution in [0, 0.1) is 0 Å². The fraction of sp³-hybridized carbons (Fsp3) is 0.385. The lowest BCUT2D eigenvalue weighted by Crippen LogP contribution is -2.51. The third-order valence-corrected chi connectivity index (χ3v) is 7.44. The first-order valence-electron chi connectivity index (χ1n) is 11.6. The molecule has 7 heteroatoms. The van der Waals surface area contributed by atoms with Crippen LogP contribution in [0.3, 0.4) is 0 Å². The van der Waals surface area contributed by atoms with Gasteiger partial charge in [0.05, 0.1) is 25.2 Å². The number of ether oxygens (including phenoxy) is 2. The first kappa shape index (κ1) is 20.4. The molecular weight excluding hydrogens is 418 g/mol. The summed E-state index contributed by atoms with van der Waals surface area (Å²) in [4.78, 5) is 34.4. The van der Waals surface area contributed by atoms with E-state index in [1.807, 2.05) is 59.6 Å². The fourth-order valence-electron chi connectivity index (χ4n) is 5.72. The maximum Gasteiger partial charge on any atom is 0.254 e. The molecule has 1 N–H and O–H groups in total. The number of aromatic nitrogens is 1. The van der Waals surface area contributed by atoms with Gasteiger partial charge in [-0.3, -0.25) is 9.59 Å². The van der Waals surface area contributed by atoms with Crippen molar-refractivity contribution >= 4 is 22.7 Å². The van der Waals surface area contributed by atoms with Crippen molar-refractivity contribution < 1.29 is 19.1 Å². The van der Waals surface area contributed by atoms with Gasteiger partial charge in [0.25, 0.3) is 5.91 Å². The molecule has 6 rings (SSSR count). The van der Waals surface area contributed by atoms with Gasteiger partial charge in [-0.1, -0.05) is 36.4 Å². The summed E-state index contributed by atoms with van der Waals surface area (Å²) in [5, 5.41) is 1.03. The molecule has 3 aliphatic rings. The average Bonchev–Trinajstić information content (AvgIpc) is 3.49. The van der Waals surface area contributed by atoms with E-state index in [0.29, 0.717) is 44.7 Å². The summed E-state index contributed by atoms with van der Waals surface area (Å²) in [6.45, 7) is 2.38. The summed E-state index contributed by atoms with van der Waals surface area (Å²) in [7, 11) is 1.80. The predicted octanol–water partition coefficient (Wildman–Crippen LogP) is 3.44. The number of amides is 2. The van der Waals surface area contributed by atoms with Crippen molar-refractivity contribution in [1.82, 2.24) is 14.8 Å². The van der Waals surface area contributed by atoms with Gasteiger partial charge in [-0.2, -0.15) is 0 Å². The van der Waals surface area contributed by atoms with Crippen LogP contribution in [-0.2, 0) is 14.3 Å². The van der Waals surface area contributed by atoms with Crippen molar-refractivity contribution in [3.8, 4) is 0 Å². The van der Waals surface area contributed by atoms with E-state index < -0.39 is 17.7 Å². The first-order valence-corrected chi connectivity index (χ1v) is 11.6. The topological polar surface area (TPSA) is 74.9 Å². The number of benzene rings is 2. The van der Waals surface area contributed by atoms with Crippen molar-refractivity contribution in [3.05, 3.63) is 71.4 Å². The average molecular weight is 446 g/mol. The third-order valence-electron chi connectivity index (χ3n) is 7.44. The Kier molecular flexibility index (Phi) is 4.78. The molecule has 2 unspecified atom stereocenters. The van der Waals surface area contributed by atoms with Gasteiger partial charge < -0.3 is 24.3 Å². The monoisotopic (exact) mass is 445 g/mol. The first-order chi connectivity index (χ1) is 16.1. The van der Waals surface area contributed by atoms with Gasteiger partial charge in [-0.15, -0.1) is 0 Å². The molecule has 3 aliphatic heterocycles. The molecule has 0 saturated carbocycles. The van der Waals surface area contributed by atoms with E-state index in [-0.39, 0.29) is 11.8 Å². The number of nitrogens with zero attached hydrogens (tertiary/aromatic N) is 2. The molecule has 1 spiro atoms. The minimum atomic E-state index is -0.537. The second kappa shape index (κ2) is 7.71. The van der Waals surface area contributed by atoms with E-state index in [9.17, 15) is 9.59 Å². The molecule has 170 valence electrons. The maximum absolute atomic E-state index is 14.1. The predicted molar refractivity (Wildman–Crippen MR) is 123 cm³/mol. The van der Waals surface area contributed by atoms with Crippen LogP contribution >= 0.6 is 0 Å². The number of para-hydroxylation sites is 1. The second-order valence-corrected chi connectivity index (χ2v) is 9.15. The van der Waals surface area contributed by atoms with Gasteiger partial charge in [0.1, 0.15) is 0 Å². The number of fused-ring (bicyclic) bond motifs is 2. The Morgan fingerprint density at radius 3 is 2.48 bits per heavy atom. The second-order valence-electron chi connectivity index (χ2n) is 9.15. The molecule has 0 bridgehead atoms. The van der Waals surface area contributed by atoms with Crippen molar-refractivity contribution in [3.63, 3.8) is 0 Å². The Hall–Kier alpha value is -3.16. The molecular formula is C26H27N3O4. The Bertz CT molecular complexity index is 1220. The minimum Gasteiger partial charge on any atom is -0.361 e. The van der Waals surface area contributed by atoms with E-state index in [4.69, 9.17) is 9.47 Å². The Morgan fingerprint density at radius 2 is 1.70 bits per heavy atom. The number of H-pyrrole nitrogens is 1. The van der Waals surface area contributed by atoms with Crippen LogP contribution in [0.25, 0.3) is 10.9 Å². The zero-order valence-corrected chi connectivity index (χ0v) is 18.6. The number of carbonyl (C=O) groups excluding carboxylic acids is 2. The largest absolute Gasteiger partial charge is 0.361 e. The normalized spacial score (nSPS) is 24.5. The van der Waals surface area contributed by atoms with Crippen molar-refractivity contribution in [2.24, 2.45) is 0 Å². The summed E-state index contributed by atoms with van der Waals surface area (Å²) in [5.41, 5.74) is 3.36. The van der Waals surface area contributed by atoms with Crippen LogP contribution in [0.1, 0.15) is 46.3 Å². The molecule has 4 heterocycles. The summed E-state index contributed by atoms with van der Waals surface area (Å²) in [5.74, 6) is -1.03. The summed E-state index contributed by atoms with van der Waals surface area (Å²) in [6, 6.07) is 15.2. The van der Waals surface area contributed by atoms with Gasteiger partial charge in [-0.25, -0.2) is 0 Å². The molecule has 1 aromatic heterocycles. The lowest BCUT2D eigenvalue weighted by atomic mass is 9.78. The number of rotatable bonds is 2. The number of hydrogen-bond donors (Lipinski definition) is 1. The zero-order valence-electron chi connectivity index (χ0n) is 18.6. The van der Waals surface area contributed by atoms with E-state index in [2.05, 4.69) is 4.98 Å². The molecule has 2 amide bonds. The highest BCUT2D eigenvalue weighted by atomic mass is 16.7. The molecule has 2 fully saturated rings. The number of likely N-dealkylation sites (N-methyl/N-ethyl adjacent to an activating group) is 1. The molecule has 2 saturated heterocycles. The number of likely N-dealkylation sites (tertiary alicyclic amines) is 1. The lowest BCUT2D eigenvalue weighted by molar-refractivity contribution is -0.188. The zero-order chi connectivity index (χ0) is 22.6. The molecule has 0 radical (unpaired) electrons. The van der Waals surface area contributed by atoms with Gasteiger partial charge in [0.2, 0.25) is 5.91 Å². The van der Waals surface area contributed by atoms with Crippen molar-refractivity contribution in [1.29, 1.82) is 0 Å². The molecule has 3 aromatic rings. The molecule has 7 nitrogen and oxygen atoms in total. The maximum atomic E-state index is 14.1. The van der Waals surface area contributed by atoms with Gasteiger partial charge in [-0.05, 0) is 17.7 Å². The highest BCUT2D eigenvalue weighted by Crippen LogP contribution is 2.45. The smallest absolute Gasteiger partial charge is 0.254 e. The highest BCUT2D eigenvalue weighted by molar-refractivity contribution is 6.02. The lowest BCUT2D eigenvalue weighted by Gasteiger charge is -2.43. The number of nitrogens with one attached hydrogen (secondary N) is 1. The summed E-state index contributed by atoms with van der Waals surface area (Å²) >= 11 is 0. The summed E-state index contributed by atoms with van der Waals surface area (Å²) in [6.07, 6.45) is 3.28. The van der Waals surface area contributed by atoms with E-state index in [0.717, 1.165) is 22.0 Å². The Labute approximate surface area is 192 Å². The molecule has 2 aromatic carbocycles. The fourth-order valence-corrected chi connectivity index (χ4v) is 5.72. The van der Waals surface area contributed by atoms with Crippen LogP contribution in [0.2, 0.25) is 0 Å². The van der Waals surface area contributed by atoms with Crippen LogP contribution in [0.15, 0.2) is 54.7 Å². The van der Waals surface area contributed by atoms with Crippen LogP contribution in [-0.4, -0.2) is 65.7 Å². The number of carbonyl (C=O) groups is 2. The molecule has 0 aliphatic carbocycles. The van der Waals surface area contributed by atoms with Gasteiger partial charge in [0.15, 0.2) is 5.79 Å². The van der Waals surface area contributed by atoms with E-state index in [1.54, 1.807) is 11.9 Å². The highest BCUT2D eigenvalue weighted by Gasteiger charge is 2.47. The van der Waals surface area contributed by atoms with E-state index in [1.165, 1.54) is 0 Å². The molecule has 2 atom stereocenters. The number of hydrogen-bond acceptors (Lipinski definition) is 4. The van der Waals surface area contributed by atoms with Crippen LogP contribution < -0.4 is 0 Å². The summed E-state index contributed by atoms with van der Waals surface area (Å²) < 4.78 is 11.7. The quantitative estimate of drug-likeness (QED) is 0.656. The third kappa shape index (κ3) is 3.18. The Morgan fingerprint density at radius 1 is 1.00 bits per heavy atom.